The van der Waals surface area contributed by atoms with Gasteiger partial charge >= 0.3 is 5.88 Å². The van der Waals surface area contributed by atoms with E-state index in [-0.39, 0.29) is 5.69 Å². The molecule has 0 saturated heterocycles. The second kappa shape index (κ2) is 2.30. The maximum absolute atomic E-state index is 10.6. The van der Waals surface area contributed by atoms with E-state index in [2.05, 4.69) is 9.97 Å². The fraction of sp³-hybridized carbons (Fsp3) is 0. The topological polar surface area (TPSA) is 88.8 Å². The Bertz CT molecular complexity index is 261. The summed E-state index contributed by atoms with van der Waals surface area (Å²) in [6.45, 7) is 0. The van der Waals surface area contributed by atoms with Crippen molar-refractivity contribution in [3.63, 3.8) is 0 Å². The van der Waals surface area contributed by atoms with Gasteiger partial charge in [-0.3, -0.25) is 9.90 Å². The van der Waals surface area contributed by atoms with E-state index in [1.165, 1.54) is 12.4 Å². The molecule has 10 heavy (non-hydrogen) atoms. The molecule has 1 aromatic heterocycles. The summed E-state index contributed by atoms with van der Waals surface area (Å²) in [5.74, 6) is -1.53. The minimum atomic E-state index is -0.849. The molecule has 1 radical (unpaired) electrons. The second-order valence-corrected chi connectivity index (χ2v) is 1.57. The summed E-state index contributed by atoms with van der Waals surface area (Å²) in [6, 6.07) is 0. The van der Waals surface area contributed by atoms with Crippen LogP contribution in [0.2, 0.25) is 0 Å². The van der Waals surface area contributed by atoms with E-state index in [4.69, 9.17) is 5.73 Å². The van der Waals surface area contributed by atoms with Crippen LogP contribution in [0.25, 0.3) is 0 Å². The van der Waals surface area contributed by atoms with Crippen LogP contribution in [0.3, 0.4) is 0 Å². The van der Waals surface area contributed by atoms with E-state index < -0.39 is 11.8 Å². The minimum Gasteiger partial charge on any atom is -0.364 e. The highest BCUT2D eigenvalue weighted by atomic mass is 16.3. The molecule has 1 heterocycles. The van der Waals surface area contributed by atoms with Crippen molar-refractivity contribution >= 4 is 5.91 Å². The number of carbonyl (C=O) groups excluding carboxylic acids is 1. The van der Waals surface area contributed by atoms with Crippen molar-refractivity contribution in [2.24, 2.45) is 5.73 Å². The Balaban J connectivity index is 3.15. The zero-order valence-corrected chi connectivity index (χ0v) is 4.94. The average Bonchev–Trinajstić information content (AvgIpc) is 1.88. The van der Waals surface area contributed by atoms with Gasteiger partial charge in [-0.2, -0.15) is 0 Å². The van der Waals surface area contributed by atoms with Crippen LogP contribution in [-0.4, -0.2) is 15.9 Å². The molecule has 0 spiro atoms. The van der Waals surface area contributed by atoms with Gasteiger partial charge in [0.05, 0.1) is 0 Å². The van der Waals surface area contributed by atoms with Crippen molar-refractivity contribution in [3.8, 4) is 5.88 Å². The van der Waals surface area contributed by atoms with E-state index in [9.17, 15) is 9.90 Å². The van der Waals surface area contributed by atoms with Gasteiger partial charge in [0.15, 0.2) is 5.69 Å². The number of nitrogens with zero attached hydrogens (tertiary/aromatic N) is 2. The van der Waals surface area contributed by atoms with Gasteiger partial charge in [0.1, 0.15) is 0 Å². The summed E-state index contributed by atoms with van der Waals surface area (Å²) in [5.41, 5.74) is 4.46. The Labute approximate surface area is 56.5 Å². The highest BCUT2D eigenvalue weighted by Crippen LogP contribution is 2.06. The quantitative estimate of drug-likeness (QED) is 0.578. The molecule has 0 bridgehead atoms. The van der Waals surface area contributed by atoms with Gasteiger partial charge in [-0.1, -0.05) is 0 Å². The van der Waals surface area contributed by atoms with Crippen LogP contribution in [0.1, 0.15) is 10.5 Å². The smallest absolute Gasteiger partial charge is 0.301 e. The molecule has 0 fully saturated rings. The van der Waals surface area contributed by atoms with Crippen LogP contribution in [-0.2, 0) is 5.11 Å². The fourth-order valence-electron chi connectivity index (χ4n) is 0.494. The normalized spacial score (nSPS) is 9.20. The molecule has 5 nitrogen and oxygen atoms in total. The van der Waals surface area contributed by atoms with Gasteiger partial charge in [0.25, 0.3) is 5.91 Å². The van der Waals surface area contributed by atoms with Crippen molar-refractivity contribution in [3.05, 3.63) is 18.1 Å². The Morgan fingerprint density at radius 3 is 2.40 bits per heavy atom. The van der Waals surface area contributed by atoms with Gasteiger partial charge < -0.3 is 5.73 Å². The standard InChI is InChI=1S/C5H4N3O2/c6-4(9)3-5(10)8-2-1-7-3/h1-2H,(H2,6,9). The van der Waals surface area contributed by atoms with Crippen LogP contribution in [0.15, 0.2) is 12.4 Å². The molecule has 0 aliphatic heterocycles. The number of aromatic nitrogens is 2. The van der Waals surface area contributed by atoms with Crippen LogP contribution < -0.4 is 5.73 Å². The van der Waals surface area contributed by atoms with E-state index >= 15 is 0 Å². The van der Waals surface area contributed by atoms with E-state index in [0.717, 1.165) is 0 Å². The average molecular weight is 138 g/mol. The SMILES string of the molecule is NC(=O)c1nccnc1[O]. The predicted octanol–water partition coefficient (Wildman–Crippen LogP) is -0.281. The van der Waals surface area contributed by atoms with Crippen molar-refractivity contribution in [1.29, 1.82) is 0 Å². The lowest BCUT2D eigenvalue weighted by atomic mass is 10.4. The highest BCUT2D eigenvalue weighted by molar-refractivity contribution is 5.92. The number of carbonyl (C=O) groups is 1. The largest absolute Gasteiger partial charge is 0.364 e. The van der Waals surface area contributed by atoms with Crippen molar-refractivity contribution in [2.45, 2.75) is 0 Å². The predicted molar refractivity (Wildman–Crippen MR) is 30.7 cm³/mol. The van der Waals surface area contributed by atoms with E-state index in [0.29, 0.717) is 0 Å². The molecule has 1 rings (SSSR count). The third-order valence-electron chi connectivity index (χ3n) is 0.898. The summed E-state index contributed by atoms with van der Waals surface area (Å²) in [4.78, 5) is 17.1. The number of rotatable bonds is 1. The summed E-state index contributed by atoms with van der Waals surface area (Å²) >= 11 is 0. The molecule has 0 atom stereocenters. The molecule has 2 N–H and O–H groups in total. The fourth-order valence-corrected chi connectivity index (χ4v) is 0.494. The zero-order valence-electron chi connectivity index (χ0n) is 4.94. The van der Waals surface area contributed by atoms with Gasteiger partial charge in [-0.15, -0.1) is 0 Å². The molecule has 0 saturated carbocycles. The molecular weight excluding hydrogens is 134 g/mol. The first-order valence-electron chi connectivity index (χ1n) is 2.49. The highest BCUT2D eigenvalue weighted by Gasteiger charge is 2.09. The van der Waals surface area contributed by atoms with Crippen molar-refractivity contribution < 1.29 is 9.90 Å². The molecule has 0 aliphatic carbocycles. The molecule has 1 amide bonds. The van der Waals surface area contributed by atoms with Gasteiger partial charge in [-0.25, -0.2) is 9.97 Å². The Kier molecular flexibility index (Phi) is 1.49. The van der Waals surface area contributed by atoms with Crippen LogP contribution >= 0.6 is 0 Å². The number of nitrogens with two attached hydrogens (primary N) is 1. The van der Waals surface area contributed by atoms with Crippen molar-refractivity contribution in [1.82, 2.24) is 9.97 Å². The Hall–Kier alpha value is -1.65. The Morgan fingerprint density at radius 1 is 1.40 bits per heavy atom. The third-order valence-corrected chi connectivity index (χ3v) is 0.898. The first-order chi connectivity index (χ1) is 4.72. The summed E-state index contributed by atoms with van der Waals surface area (Å²) in [5, 5.41) is 10.6. The molecular formula is C5H4N3O2. The molecule has 0 aromatic carbocycles. The van der Waals surface area contributed by atoms with Crippen LogP contribution in [0.4, 0.5) is 0 Å². The van der Waals surface area contributed by atoms with E-state index in [1.54, 1.807) is 0 Å². The van der Waals surface area contributed by atoms with Crippen LogP contribution in [0, 0.1) is 0 Å². The molecule has 1 aromatic rings. The second-order valence-electron chi connectivity index (χ2n) is 1.57. The maximum Gasteiger partial charge on any atom is 0.301 e. The molecule has 51 valence electrons. The number of primary amides is 1. The lowest BCUT2D eigenvalue weighted by Crippen LogP contribution is -2.13. The zero-order chi connectivity index (χ0) is 7.56. The number of hydrogen-bond donors (Lipinski definition) is 1. The van der Waals surface area contributed by atoms with Gasteiger partial charge in [0, 0.05) is 12.4 Å². The minimum absolute atomic E-state index is 0.317. The molecule has 5 heteroatoms. The summed E-state index contributed by atoms with van der Waals surface area (Å²) in [7, 11) is 0. The maximum atomic E-state index is 10.6. The first kappa shape index (κ1) is 6.47. The Morgan fingerprint density at radius 2 is 2.00 bits per heavy atom. The van der Waals surface area contributed by atoms with Gasteiger partial charge in [-0.05, 0) is 0 Å². The van der Waals surface area contributed by atoms with Crippen molar-refractivity contribution in [2.75, 3.05) is 0 Å². The van der Waals surface area contributed by atoms with Gasteiger partial charge in [0.2, 0.25) is 0 Å². The monoisotopic (exact) mass is 138 g/mol. The first-order valence-corrected chi connectivity index (χ1v) is 2.49. The number of amides is 1. The summed E-state index contributed by atoms with van der Waals surface area (Å²) in [6.07, 6.45) is 2.44. The summed E-state index contributed by atoms with van der Waals surface area (Å²) < 4.78 is 0. The molecule has 0 aliphatic rings. The number of hydrogen-bond acceptors (Lipinski definition) is 3. The lowest BCUT2D eigenvalue weighted by Gasteiger charge is -1.91. The van der Waals surface area contributed by atoms with Crippen LogP contribution in [0.5, 0.6) is 5.88 Å². The van der Waals surface area contributed by atoms with E-state index in [1.807, 2.05) is 0 Å². The molecule has 0 unspecified atom stereocenters. The third kappa shape index (κ3) is 1.02. The lowest BCUT2D eigenvalue weighted by molar-refractivity contribution is 0.0989.